The van der Waals surface area contributed by atoms with Crippen LogP contribution >= 0.6 is 0 Å². The Bertz CT molecular complexity index is 342. The van der Waals surface area contributed by atoms with Crippen LogP contribution in [0.1, 0.15) is 41.1 Å². The third kappa shape index (κ3) is 1.70. The number of Topliss-reactive ketones (excluding diaryl/α,β-unsaturated/α-hetero) is 1. The molecule has 0 aromatic heterocycles. The molecule has 2 rings (SSSR count). The Morgan fingerprint density at radius 3 is 2.79 bits per heavy atom. The number of hydrogen-bond donors (Lipinski definition) is 1. The average Bonchev–Trinajstić information content (AvgIpc) is 2.14. The van der Waals surface area contributed by atoms with E-state index in [9.17, 15) is 4.79 Å². The fourth-order valence-electron chi connectivity index (χ4n) is 1.83. The van der Waals surface area contributed by atoms with Crippen molar-refractivity contribution in [1.82, 2.24) is 0 Å². The summed E-state index contributed by atoms with van der Waals surface area (Å²) in [5.41, 5.74) is 7.39. The first kappa shape index (κ1) is 9.41. The molecule has 0 aliphatic heterocycles. The highest BCUT2D eigenvalue weighted by Crippen LogP contribution is 2.36. The largest absolute Gasteiger partial charge is 0.324 e. The highest BCUT2D eigenvalue weighted by molar-refractivity contribution is 5.97. The van der Waals surface area contributed by atoms with Gasteiger partial charge in [-0.15, -0.1) is 0 Å². The van der Waals surface area contributed by atoms with Gasteiger partial charge in [0.25, 0.3) is 0 Å². The van der Waals surface area contributed by atoms with Gasteiger partial charge in [-0.05, 0) is 30.4 Å². The molecule has 74 valence electrons. The van der Waals surface area contributed by atoms with Gasteiger partial charge in [0, 0.05) is 5.56 Å². The lowest BCUT2D eigenvalue weighted by Gasteiger charge is -2.25. The molecular formula is C12H15NO. The molecule has 0 atom stereocenters. The number of carbonyl (C=O) groups is 1. The lowest BCUT2D eigenvalue weighted by molar-refractivity contribution is 0.100. The van der Waals surface area contributed by atoms with Crippen LogP contribution in [0.25, 0.3) is 0 Å². The minimum absolute atomic E-state index is 0.0335. The Kier molecular flexibility index (Phi) is 2.64. The van der Waals surface area contributed by atoms with E-state index in [4.69, 9.17) is 5.73 Å². The molecule has 0 saturated heterocycles. The summed E-state index contributed by atoms with van der Waals surface area (Å²) in [5, 5.41) is 0. The van der Waals surface area contributed by atoms with Crippen molar-refractivity contribution in [2.75, 3.05) is 6.54 Å². The maximum absolute atomic E-state index is 11.4. The Morgan fingerprint density at radius 2 is 2.21 bits per heavy atom. The minimum atomic E-state index is 0.0335. The van der Waals surface area contributed by atoms with Gasteiger partial charge in [0.1, 0.15) is 0 Å². The number of hydrogen-bond acceptors (Lipinski definition) is 2. The Morgan fingerprint density at radius 1 is 1.43 bits per heavy atom. The molecule has 1 aromatic rings. The van der Waals surface area contributed by atoms with E-state index in [1.807, 2.05) is 18.2 Å². The molecule has 0 radical (unpaired) electrons. The zero-order chi connectivity index (χ0) is 9.97. The maximum Gasteiger partial charge on any atom is 0.176 e. The summed E-state index contributed by atoms with van der Waals surface area (Å²) >= 11 is 0. The summed E-state index contributed by atoms with van der Waals surface area (Å²) in [7, 11) is 0. The fourth-order valence-corrected chi connectivity index (χ4v) is 1.83. The third-order valence-electron chi connectivity index (χ3n) is 2.97. The zero-order valence-corrected chi connectivity index (χ0v) is 8.20. The van der Waals surface area contributed by atoms with Gasteiger partial charge in [0.05, 0.1) is 6.54 Å². The molecule has 1 aromatic carbocycles. The highest BCUT2D eigenvalue weighted by Gasteiger charge is 2.19. The van der Waals surface area contributed by atoms with Gasteiger partial charge >= 0.3 is 0 Å². The molecule has 0 spiro atoms. The standard InChI is InChI=1S/C12H15NO/c13-8-12(14)11-6-2-5-10(7-11)9-3-1-4-9/h2,5-7,9H,1,3-4,8,13H2. The van der Waals surface area contributed by atoms with Gasteiger partial charge < -0.3 is 5.73 Å². The van der Waals surface area contributed by atoms with Crippen LogP contribution in [0.4, 0.5) is 0 Å². The molecular weight excluding hydrogens is 174 g/mol. The molecule has 0 unspecified atom stereocenters. The Labute approximate surface area is 84.1 Å². The summed E-state index contributed by atoms with van der Waals surface area (Å²) in [6.07, 6.45) is 3.85. The molecule has 0 heterocycles. The summed E-state index contributed by atoms with van der Waals surface area (Å²) < 4.78 is 0. The topological polar surface area (TPSA) is 43.1 Å². The van der Waals surface area contributed by atoms with Crippen LogP contribution in [-0.2, 0) is 0 Å². The molecule has 2 heteroatoms. The van der Waals surface area contributed by atoms with E-state index >= 15 is 0 Å². The van der Waals surface area contributed by atoms with Crippen molar-refractivity contribution in [1.29, 1.82) is 0 Å². The quantitative estimate of drug-likeness (QED) is 0.740. The van der Waals surface area contributed by atoms with Gasteiger partial charge in [-0.2, -0.15) is 0 Å². The monoisotopic (exact) mass is 189 g/mol. The van der Waals surface area contributed by atoms with Gasteiger partial charge in [-0.1, -0.05) is 24.6 Å². The molecule has 2 N–H and O–H groups in total. The lowest BCUT2D eigenvalue weighted by atomic mass is 9.79. The highest BCUT2D eigenvalue weighted by atomic mass is 16.1. The van der Waals surface area contributed by atoms with E-state index in [1.54, 1.807) is 0 Å². The van der Waals surface area contributed by atoms with Gasteiger partial charge in [-0.3, -0.25) is 4.79 Å². The number of benzene rings is 1. The van der Waals surface area contributed by atoms with Crippen molar-refractivity contribution in [2.45, 2.75) is 25.2 Å². The van der Waals surface area contributed by atoms with E-state index in [-0.39, 0.29) is 12.3 Å². The molecule has 1 aliphatic rings. The van der Waals surface area contributed by atoms with E-state index in [0.29, 0.717) is 5.92 Å². The Balaban J connectivity index is 2.21. The van der Waals surface area contributed by atoms with E-state index in [0.717, 1.165) is 5.56 Å². The lowest BCUT2D eigenvalue weighted by Crippen LogP contribution is -2.15. The minimum Gasteiger partial charge on any atom is -0.324 e. The third-order valence-corrected chi connectivity index (χ3v) is 2.97. The van der Waals surface area contributed by atoms with Crippen molar-refractivity contribution < 1.29 is 4.79 Å². The average molecular weight is 189 g/mol. The predicted molar refractivity (Wildman–Crippen MR) is 56.4 cm³/mol. The fraction of sp³-hybridized carbons (Fsp3) is 0.417. The smallest absolute Gasteiger partial charge is 0.176 e. The first-order chi connectivity index (χ1) is 6.81. The Hall–Kier alpha value is -1.15. The zero-order valence-electron chi connectivity index (χ0n) is 8.20. The molecule has 0 amide bonds. The van der Waals surface area contributed by atoms with Crippen molar-refractivity contribution in [3.05, 3.63) is 35.4 Å². The number of rotatable bonds is 3. The second-order valence-corrected chi connectivity index (χ2v) is 3.88. The van der Waals surface area contributed by atoms with Crippen molar-refractivity contribution in [3.63, 3.8) is 0 Å². The predicted octanol–water partition coefficient (Wildman–Crippen LogP) is 2.10. The van der Waals surface area contributed by atoms with Gasteiger partial charge in [-0.25, -0.2) is 0 Å². The number of nitrogens with two attached hydrogens (primary N) is 1. The number of carbonyl (C=O) groups excluding carboxylic acids is 1. The summed E-state index contributed by atoms with van der Waals surface area (Å²) in [5.74, 6) is 0.715. The van der Waals surface area contributed by atoms with Crippen LogP contribution < -0.4 is 5.73 Å². The van der Waals surface area contributed by atoms with Gasteiger partial charge in [0.15, 0.2) is 5.78 Å². The normalized spacial score (nSPS) is 16.4. The maximum atomic E-state index is 11.4. The van der Waals surface area contributed by atoms with Crippen LogP contribution in [0.5, 0.6) is 0 Å². The summed E-state index contributed by atoms with van der Waals surface area (Å²) in [6, 6.07) is 7.91. The van der Waals surface area contributed by atoms with E-state index in [1.165, 1.54) is 24.8 Å². The van der Waals surface area contributed by atoms with E-state index in [2.05, 4.69) is 6.07 Å². The van der Waals surface area contributed by atoms with Crippen LogP contribution in [0.3, 0.4) is 0 Å². The van der Waals surface area contributed by atoms with Crippen LogP contribution in [0, 0.1) is 0 Å². The molecule has 1 saturated carbocycles. The second kappa shape index (κ2) is 3.93. The van der Waals surface area contributed by atoms with Crippen molar-refractivity contribution in [3.8, 4) is 0 Å². The second-order valence-electron chi connectivity index (χ2n) is 3.88. The molecule has 1 aliphatic carbocycles. The molecule has 2 nitrogen and oxygen atoms in total. The molecule has 14 heavy (non-hydrogen) atoms. The first-order valence-corrected chi connectivity index (χ1v) is 5.14. The summed E-state index contributed by atoms with van der Waals surface area (Å²) in [6.45, 7) is 0.105. The SMILES string of the molecule is NCC(=O)c1cccc(C2CCC2)c1. The van der Waals surface area contributed by atoms with Crippen molar-refractivity contribution >= 4 is 5.78 Å². The molecule has 1 fully saturated rings. The van der Waals surface area contributed by atoms with Crippen LogP contribution in [0.2, 0.25) is 0 Å². The number of ketones is 1. The van der Waals surface area contributed by atoms with E-state index < -0.39 is 0 Å². The van der Waals surface area contributed by atoms with Gasteiger partial charge in [0.2, 0.25) is 0 Å². The first-order valence-electron chi connectivity index (χ1n) is 5.14. The molecule has 0 bridgehead atoms. The summed E-state index contributed by atoms with van der Waals surface area (Å²) in [4.78, 5) is 11.4. The van der Waals surface area contributed by atoms with Crippen LogP contribution in [-0.4, -0.2) is 12.3 Å². The van der Waals surface area contributed by atoms with Crippen LogP contribution in [0.15, 0.2) is 24.3 Å². The van der Waals surface area contributed by atoms with Crippen molar-refractivity contribution in [2.24, 2.45) is 5.73 Å².